The van der Waals surface area contributed by atoms with Crippen LogP contribution >= 0.6 is 11.3 Å². The van der Waals surface area contributed by atoms with Crippen LogP contribution in [0.25, 0.3) is 0 Å². The summed E-state index contributed by atoms with van der Waals surface area (Å²) in [4.78, 5) is 5.46. The number of aliphatic imine (C=N–C) groups is 1. The van der Waals surface area contributed by atoms with Gasteiger partial charge in [0.15, 0.2) is 0 Å². The molecule has 1 rings (SSSR count). The van der Waals surface area contributed by atoms with Gasteiger partial charge < -0.3 is 5.73 Å². The first kappa shape index (κ1) is 10.3. The van der Waals surface area contributed by atoms with Crippen molar-refractivity contribution in [2.75, 3.05) is 12.8 Å². The molecular formula is C10H16N2S. The van der Waals surface area contributed by atoms with E-state index < -0.39 is 0 Å². The molecule has 0 spiro atoms. The lowest BCUT2D eigenvalue weighted by molar-refractivity contribution is 0.889. The molecule has 0 saturated carbocycles. The molecule has 0 saturated heterocycles. The van der Waals surface area contributed by atoms with Crippen molar-refractivity contribution in [3.8, 4) is 0 Å². The highest BCUT2D eigenvalue weighted by Gasteiger charge is 2.10. The Bertz CT molecular complexity index is 324. The van der Waals surface area contributed by atoms with Gasteiger partial charge in [0.25, 0.3) is 0 Å². The van der Waals surface area contributed by atoms with Gasteiger partial charge in [0.05, 0.1) is 5.00 Å². The number of nitrogen functional groups attached to an aromatic ring is 1. The van der Waals surface area contributed by atoms with Crippen LogP contribution in [0.2, 0.25) is 0 Å². The van der Waals surface area contributed by atoms with Gasteiger partial charge in [0.1, 0.15) is 0 Å². The van der Waals surface area contributed by atoms with Crippen LogP contribution in [-0.2, 0) is 0 Å². The molecule has 13 heavy (non-hydrogen) atoms. The molecule has 1 aromatic rings. The SMILES string of the molecule is CN=C(C)c1cc(C(C)C)sc1N. The Hall–Kier alpha value is -0.830. The van der Waals surface area contributed by atoms with Crippen LogP contribution in [0.5, 0.6) is 0 Å². The van der Waals surface area contributed by atoms with Crippen molar-refractivity contribution in [2.24, 2.45) is 4.99 Å². The monoisotopic (exact) mass is 196 g/mol. The highest BCUT2D eigenvalue weighted by Crippen LogP contribution is 2.30. The number of nitrogens with two attached hydrogens (primary N) is 1. The van der Waals surface area contributed by atoms with Crippen molar-refractivity contribution < 1.29 is 0 Å². The summed E-state index contributed by atoms with van der Waals surface area (Å²) in [6.07, 6.45) is 0. The lowest BCUT2D eigenvalue weighted by Crippen LogP contribution is -1.95. The van der Waals surface area contributed by atoms with E-state index in [0.29, 0.717) is 5.92 Å². The average Bonchev–Trinajstić information content (AvgIpc) is 2.46. The van der Waals surface area contributed by atoms with Crippen LogP contribution in [0.3, 0.4) is 0 Å². The molecule has 0 amide bonds. The molecule has 0 radical (unpaired) electrons. The summed E-state index contributed by atoms with van der Waals surface area (Å²) >= 11 is 1.66. The van der Waals surface area contributed by atoms with Gasteiger partial charge in [-0.05, 0) is 18.9 Å². The number of nitrogens with zero attached hydrogens (tertiary/aromatic N) is 1. The molecule has 0 atom stereocenters. The van der Waals surface area contributed by atoms with Crippen molar-refractivity contribution >= 4 is 22.0 Å². The molecule has 2 nitrogen and oxygen atoms in total. The summed E-state index contributed by atoms with van der Waals surface area (Å²) in [7, 11) is 1.79. The molecule has 0 aliphatic carbocycles. The third-order valence-electron chi connectivity index (χ3n) is 2.07. The maximum Gasteiger partial charge on any atom is 0.0951 e. The van der Waals surface area contributed by atoms with Crippen molar-refractivity contribution in [1.82, 2.24) is 0 Å². The lowest BCUT2D eigenvalue weighted by Gasteiger charge is -1.97. The second-order valence-electron chi connectivity index (χ2n) is 3.39. The molecule has 3 heteroatoms. The molecular weight excluding hydrogens is 180 g/mol. The van der Waals surface area contributed by atoms with Gasteiger partial charge in [-0.3, -0.25) is 4.99 Å². The molecule has 0 bridgehead atoms. The molecule has 0 aliphatic rings. The first-order valence-corrected chi connectivity index (χ1v) is 5.20. The van der Waals surface area contributed by atoms with Gasteiger partial charge in [-0.25, -0.2) is 0 Å². The van der Waals surface area contributed by atoms with E-state index >= 15 is 0 Å². The number of anilines is 1. The standard InChI is InChI=1S/C10H16N2S/c1-6(2)9-5-8(7(3)12-4)10(11)13-9/h5-6H,11H2,1-4H3. The fraction of sp³-hybridized carbons (Fsp3) is 0.500. The van der Waals surface area contributed by atoms with Gasteiger partial charge >= 0.3 is 0 Å². The highest BCUT2D eigenvalue weighted by atomic mass is 32.1. The predicted molar refractivity (Wildman–Crippen MR) is 61.0 cm³/mol. The Morgan fingerprint density at radius 3 is 2.54 bits per heavy atom. The molecule has 0 fully saturated rings. The lowest BCUT2D eigenvalue weighted by atomic mass is 10.1. The van der Waals surface area contributed by atoms with Crippen molar-refractivity contribution in [3.05, 3.63) is 16.5 Å². The first-order valence-electron chi connectivity index (χ1n) is 4.39. The van der Waals surface area contributed by atoms with Crippen LogP contribution < -0.4 is 5.73 Å². The Morgan fingerprint density at radius 1 is 1.54 bits per heavy atom. The number of hydrogen-bond acceptors (Lipinski definition) is 3. The van der Waals surface area contributed by atoms with E-state index in [1.165, 1.54) is 4.88 Å². The van der Waals surface area contributed by atoms with E-state index in [0.717, 1.165) is 16.3 Å². The van der Waals surface area contributed by atoms with Gasteiger partial charge in [-0.1, -0.05) is 13.8 Å². The fourth-order valence-electron chi connectivity index (χ4n) is 1.11. The zero-order valence-corrected chi connectivity index (χ0v) is 9.40. The van der Waals surface area contributed by atoms with E-state index in [4.69, 9.17) is 5.73 Å². The van der Waals surface area contributed by atoms with Gasteiger partial charge in [0.2, 0.25) is 0 Å². The summed E-state index contributed by atoms with van der Waals surface area (Å²) in [5.41, 5.74) is 8.00. The largest absolute Gasteiger partial charge is 0.390 e. The van der Waals surface area contributed by atoms with Gasteiger partial charge in [-0.15, -0.1) is 11.3 Å². The fourth-order valence-corrected chi connectivity index (χ4v) is 2.10. The van der Waals surface area contributed by atoms with E-state index in [1.54, 1.807) is 18.4 Å². The maximum atomic E-state index is 5.89. The third kappa shape index (κ3) is 2.10. The second-order valence-corrected chi connectivity index (χ2v) is 4.51. The van der Waals surface area contributed by atoms with Crippen LogP contribution in [-0.4, -0.2) is 12.8 Å². The third-order valence-corrected chi connectivity index (χ3v) is 3.34. The van der Waals surface area contributed by atoms with E-state index in [9.17, 15) is 0 Å². The highest BCUT2D eigenvalue weighted by molar-refractivity contribution is 7.16. The Morgan fingerprint density at radius 2 is 2.15 bits per heavy atom. The summed E-state index contributed by atoms with van der Waals surface area (Å²) in [5.74, 6) is 0.547. The number of rotatable bonds is 2. The number of hydrogen-bond donors (Lipinski definition) is 1. The van der Waals surface area contributed by atoms with E-state index in [1.807, 2.05) is 6.92 Å². The molecule has 0 aliphatic heterocycles. The molecule has 1 heterocycles. The first-order chi connectivity index (χ1) is 6.06. The van der Waals surface area contributed by atoms with Crippen molar-refractivity contribution in [2.45, 2.75) is 26.7 Å². The van der Waals surface area contributed by atoms with Crippen molar-refractivity contribution in [3.63, 3.8) is 0 Å². The van der Waals surface area contributed by atoms with Crippen LogP contribution in [0, 0.1) is 0 Å². The molecule has 0 aromatic carbocycles. The zero-order chi connectivity index (χ0) is 10.0. The average molecular weight is 196 g/mol. The molecule has 0 unspecified atom stereocenters. The van der Waals surface area contributed by atoms with Gasteiger partial charge in [0, 0.05) is 23.2 Å². The molecule has 2 N–H and O–H groups in total. The molecule has 1 aromatic heterocycles. The Labute approximate surface area is 83.5 Å². The second kappa shape index (κ2) is 3.92. The summed E-state index contributed by atoms with van der Waals surface area (Å²) in [6, 6.07) is 2.15. The normalized spacial score (nSPS) is 12.5. The van der Waals surface area contributed by atoms with Crippen LogP contribution in [0.1, 0.15) is 37.1 Å². The number of thiophene rings is 1. The predicted octanol–water partition coefficient (Wildman–Crippen LogP) is 2.89. The summed E-state index contributed by atoms with van der Waals surface area (Å²) < 4.78 is 0. The molecule has 72 valence electrons. The van der Waals surface area contributed by atoms with Crippen molar-refractivity contribution in [1.29, 1.82) is 0 Å². The minimum absolute atomic E-state index is 0.547. The minimum atomic E-state index is 0.547. The minimum Gasteiger partial charge on any atom is -0.390 e. The van der Waals surface area contributed by atoms with E-state index in [-0.39, 0.29) is 0 Å². The van der Waals surface area contributed by atoms with Crippen LogP contribution in [0.4, 0.5) is 5.00 Å². The van der Waals surface area contributed by atoms with E-state index in [2.05, 4.69) is 24.9 Å². The van der Waals surface area contributed by atoms with Gasteiger partial charge in [-0.2, -0.15) is 0 Å². The smallest absolute Gasteiger partial charge is 0.0951 e. The Balaban J connectivity index is 3.10. The quantitative estimate of drug-likeness (QED) is 0.726. The summed E-state index contributed by atoms with van der Waals surface area (Å²) in [6.45, 7) is 6.34. The Kier molecular flexibility index (Phi) is 3.09. The summed E-state index contributed by atoms with van der Waals surface area (Å²) in [5, 5.41) is 0.881. The maximum absolute atomic E-state index is 5.89. The zero-order valence-electron chi connectivity index (χ0n) is 8.59. The topological polar surface area (TPSA) is 38.4 Å². The van der Waals surface area contributed by atoms with Crippen LogP contribution in [0.15, 0.2) is 11.1 Å².